The van der Waals surface area contributed by atoms with Crippen molar-refractivity contribution in [1.29, 1.82) is 0 Å². The number of nitrogens with one attached hydrogen (secondary N) is 1. The molecule has 0 heterocycles. The fraction of sp³-hybridized carbons (Fsp3) is 0.611. The number of carbonyl (C=O) groups excluding carboxylic acids is 1. The number of aryl methyl sites for hydroxylation is 1. The van der Waals surface area contributed by atoms with Crippen LogP contribution in [0.1, 0.15) is 52.0 Å². The van der Waals surface area contributed by atoms with Gasteiger partial charge in [-0.05, 0) is 50.0 Å². The van der Waals surface area contributed by atoms with Crippen molar-refractivity contribution in [2.24, 2.45) is 0 Å². The van der Waals surface area contributed by atoms with E-state index < -0.39 is 0 Å². The van der Waals surface area contributed by atoms with E-state index >= 15 is 0 Å². The quantitative estimate of drug-likeness (QED) is 0.648. The highest BCUT2D eigenvalue weighted by Crippen LogP contribution is 2.18. The Kier molecular flexibility index (Phi) is 8.60. The van der Waals surface area contributed by atoms with Crippen molar-refractivity contribution >= 4 is 17.3 Å². The largest absolute Gasteiger partial charge is 0.398 e. The lowest BCUT2D eigenvalue weighted by atomic mass is 10.1. The second-order valence-corrected chi connectivity index (χ2v) is 5.80. The van der Waals surface area contributed by atoms with Crippen LogP contribution in [0.2, 0.25) is 0 Å². The van der Waals surface area contributed by atoms with Crippen LogP contribution in [0.5, 0.6) is 0 Å². The molecular weight excluding hydrogens is 274 g/mol. The molecule has 4 heteroatoms. The highest BCUT2D eigenvalue weighted by molar-refractivity contribution is 5.92. The van der Waals surface area contributed by atoms with Crippen LogP contribution >= 0.6 is 0 Å². The third-order valence-corrected chi connectivity index (χ3v) is 3.83. The van der Waals surface area contributed by atoms with E-state index in [-0.39, 0.29) is 5.91 Å². The summed E-state index contributed by atoms with van der Waals surface area (Å²) in [5.41, 5.74) is 8.62. The second kappa shape index (κ2) is 10.2. The lowest BCUT2D eigenvalue weighted by molar-refractivity contribution is -0.117. The number of nitrogen functional groups attached to an aromatic ring is 1. The van der Waals surface area contributed by atoms with Crippen LogP contribution in [0.25, 0.3) is 0 Å². The van der Waals surface area contributed by atoms with E-state index in [2.05, 4.69) is 31.0 Å². The van der Waals surface area contributed by atoms with Crippen molar-refractivity contribution in [3.05, 3.63) is 23.8 Å². The summed E-state index contributed by atoms with van der Waals surface area (Å²) in [6.07, 6.45) is 5.48. The molecular formula is C18H31N3O. The SMILES string of the molecule is CCCCN(CCCC)CC(=O)Nc1ccc(CC)c(N)c1. The Morgan fingerprint density at radius 3 is 2.27 bits per heavy atom. The molecule has 0 aliphatic heterocycles. The van der Waals surface area contributed by atoms with Crippen LogP contribution in [0.4, 0.5) is 11.4 Å². The Hall–Kier alpha value is -1.55. The summed E-state index contributed by atoms with van der Waals surface area (Å²) in [5.74, 6) is 0.0378. The normalized spacial score (nSPS) is 10.9. The van der Waals surface area contributed by atoms with Gasteiger partial charge in [0, 0.05) is 11.4 Å². The van der Waals surface area contributed by atoms with Crippen molar-refractivity contribution in [1.82, 2.24) is 4.90 Å². The Morgan fingerprint density at radius 1 is 1.14 bits per heavy atom. The molecule has 0 atom stereocenters. The van der Waals surface area contributed by atoms with Gasteiger partial charge in [0.05, 0.1) is 6.54 Å². The Labute approximate surface area is 135 Å². The average Bonchev–Trinajstić information content (AvgIpc) is 2.50. The van der Waals surface area contributed by atoms with E-state index in [1.165, 1.54) is 0 Å². The molecule has 1 amide bonds. The maximum atomic E-state index is 12.2. The molecule has 0 unspecified atom stereocenters. The molecule has 0 saturated carbocycles. The van der Waals surface area contributed by atoms with Crippen LogP contribution in [-0.2, 0) is 11.2 Å². The van der Waals surface area contributed by atoms with E-state index in [1.807, 2.05) is 18.2 Å². The van der Waals surface area contributed by atoms with Gasteiger partial charge < -0.3 is 11.1 Å². The average molecular weight is 305 g/mol. The van der Waals surface area contributed by atoms with Gasteiger partial charge in [0.2, 0.25) is 5.91 Å². The topological polar surface area (TPSA) is 58.4 Å². The molecule has 3 N–H and O–H groups in total. The molecule has 0 fully saturated rings. The van der Waals surface area contributed by atoms with E-state index in [0.29, 0.717) is 6.54 Å². The molecule has 0 aliphatic carbocycles. The third kappa shape index (κ3) is 6.48. The lowest BCUT2D eigenvalue weighted by Crippen LogP contribution is -2.34. The Balaban J connectivity index is 2.56. The summed E-state index contributed by atoms with van der Waals surface area (Å²) in [7, 11) is 0. The molecule has 0 radical (unpaired) electrons. The molecule has 22 heavy (non-hydrogen) atoms. The van der Waals surface area contributed by atoms with Crippen molar-refractivity contribution in [3.63, 3.8) is 0 Å². The molecule has 1 aromatic rings. The molecule has 0 saturated heterocycles. The standard InChI is InChI=1S/C18H31N3O/c1-4-7-11-21(12-8-5-2)14-18(22)20-16-10-9-15(6-3)17(19)13-16/h9-10,13H,4-8,11-12,14,19H2,1-3H3,(H,20,22). The highest BCUT2D eigenvalue weighted by atomic mass is 16.2. The first kappa shape index (κ1) is 18.5. The van der Waals surface area contributed by atoms with Crippen molar-refractivity contribution in [2.45, 2.75) is 52.9 Å². The maximum absolute atomic E-state index is 12.2. The van der Waals surface area contributed by atoms with Gasteiger partial charge in [-0.25, -0.2) is 0 Å². The smallest absolute Gasteiger partial charge is 0.238 e. The number of hydrogen-bond acceptors (Lipinski definition) is 3. The molecule has 0 aliphatic rings. The Morgan fingerprint density at radius 2 is 1.77 bits per heavy atom. The summed E-state index contributed by atoms with van der Waals surface area (Å²) in [5, 5.41) is 2.96. The van der Waals surface area contributed by atoms with Gasteiger partial charge in [-0.1, -0.05) is 39.7 Å². The third-order valence-electron chi connectivity index (χ3n) is 3.83. The molecule has 4 nitrogen and oxygen atoms in total. The predicted molar refractivity (Wildman–Crippen MR) is 95.1 cm³/mol. The summed E-state index contributed by atoms with van der Waals surface area (Å²) in [6, 6.07) is 5.76. The number of benzene rings is 1. The molecule has 0 aromatic heterocycles. The number of anilines is 2. The monoisotopic (exact) mass is 305 g/mol. The fourth-order valence-corrected chi connectivity index (χ4v) is 2.43. The zero-order valence-electron chi connectivity index (χ0n) is 14.3. The molecule has 124 valence electrons. The number of amides is 1. The van der Waals surface area contributed by atoms with E-state index in [9.17, 15) is 4.79 Å². The molecule has 1 rings (SSSR count). The summed E-state index contributed by atoms with van der Waals surface area (Å²) < 4.78 is 0. The van der Waals surface area contributed by atoms with Gasteiger partial charge in [0.15, 0.2) is 0 Å². The zero-order valence-corrected chi connectivity index (χ0v) is 14.3. The molecule has 0 spiro atoms. The lowest BCUT2D eigenvalue weighted by Gasteiger charge is -2.21. The van der Waals surface area contributed by atoms with Crippen LogP contribution in [0.15, 0.2) is 18.2 Å². The van der Waals surface area contributed by atoms with Crippen LogP contribution < -0.4 is 11.1 Å². The minimum atomic E-state index is 0.0378. The number of unbranched alkanes of at least 4 members (excludes halogenated alkanes) is 2. The number of hydrogen-bond donors (Lipinski definition) is 2. The van der Waals surface area contributed by atoms with Gasteiger partial charge in [-0.3, -0.25) is 9.69 Å². The van der Waals surface area contributed by atoms with Crippen molar-refractivity contribution in [2.75, 3.05) is 30.7 Å². The maximum Gasteiger partial charge on any atom is 0.238 e. The van der Waals surface area contributed by atoms with E-state index in [0.717, 1.165) is 62.1 Å². The van der Waals surface area contributed by atoms with Gasteiger partial charge in [-0.2, -0.15) is 0 Å². The van der Waals surface area contributed by atoms with E-state index in [4.69, 9.17) is 5.73 Å². The van der Waals surface area contributed by atoms with Crippen molar-refractivity contribution in [3.8, 4) is 0 Å². The first-order valence-corrected chi connectivity index (χ1v) is 8.51. The fourth-order valence-electron chi connectivity index (χ4n) is 2.43. The second-order valence-electron chi connectivity index (χ2n) is 5.80. The minimum absolute atomic E-state index is 0.0378. The van der Waals surface area contributed by atoms with Crippen molar-refractivity contribution < 1.29 is 4.79 Å². The number of carbonyl (C=O) groups is 1. The first-order chi connectivity index (χ1) is 10.6. The number of nitrogens with zero attached hydrogens (tertiary/aromatic N) is 1. The Bertz CT molecular complexity index is 452. The molecule has 0 bridgehead atoms. The van der Waals surface area contributed by atoms with Gasteiger partial charge >= 0.3 is 0 Å². The number of nitrogens with two attached hydrogens (primary N) is 1. The molecule has 1 aromatic carbocycles. The van der Waals surface area contributed by atoms with Crippen LogP contribution in [0.3, 0.4) is 0 Å². The van der Waals surface area contributed by atoms with Crippen LogP contribution in [0, 0.1) is 0 Å². The first-order valence-electron chi connectivity index (χ1n) is 8.51. The highest BCUT2D eigenvalue weighted by Gasteiger charge is 2.10. The predicted octanol–water partition coefficient (Wildman–Crippen LogP) is 3.67. The van der Waals surface area contributed by atoms with Gasteiger partial charge in [0.25, 0.3) is 0 Å². The summed E-state index contributed by atoms with van der Waals surface area (Å²) >= 11 is 0. The van der Waals surface area contributed by atoms with E-state index in [1.54, 1.807) is 0 Å². The number of rotatable bonds is 10. The van der Waals surface area contributed by atoms with Gasteiger partial charge in [-0.15, -0.1) is 0 Å². The zero-order chi connectivity index (χ0) is 16.4. The summed E-state index contributed by atoms with van der Waals surface area (Å²) in [4.78, 5) is 14.5. The summed E-state index contributed by atoms with van der Waals surface area (Å²) in [6.45, 7) is 8.85. The van der Waals surface area contributed by atoms with Gasteiger partial charge in [0.1, 0.15) is 0 Å². The minimum Gasteiger partial charge on any atom is -0.398 e. The van der Waals surface area contributed by atoms with Crippen LogP contribution in [-0.4, -0.2) is 30.4 Å².